The van der Waals surface area contributed by atoms with Crippen molar-refractivity contribution < 1.29 is 14.3 Å². The van der Waals surface area contributed by atoms with Crippen LogP contribution in [0.25, 0.3) is 44.4 Å². The molecule has 1 aliphatic heterocycles. The number of benzene rings is 3. The number of likely N-dealkylation sites (tertiary alicyclic amines) is 1. The maximum absolute atomic E-state index is 13.0. The van der Waals surface area contributed by atoms with Crippen LogP contribution >= 0.6 is 0 Å². The highest BCUT2D eigenvalue weighted by molar-refractivity contribution is 5.90. The van der Waals surface area contributed by atoms with Crippen molar-refractivity contribution in [2.24, 2.45) is 11.3 Å². The fraction of sp³-hybridized carbons (Fsp3) is 0.385. The number of nitrogens with one attached hydrogen (secondary N) is 3. The number of carbonyl (C=O) groups is 2. The summed E-state index contributed by atoms with van der Waals surface area (Å²) in [5, 5.41) is 4.80. The number of fused-ring (bicyclic) bond motifs is 3. The molecule has 49 heavy (non-hydrogen) atoms. The number of ether oxygens (including phenoxy) is 1. The summed E-state index contributed by atoms with van der Waals surface area (Å²) in [6, 6.07) is 22.8. The number of aromatic nitrogens is 4. The van der Waals surface area contributed by atoms with Crippen LogP contribution in [0.4, 0.5) is 4.79 Å². The van der Waals surface area contributed by atoms with Crippen LogP contribution in [0.5, 0.6) is 0 Å². The van der Waals surface area contributed by atoms with Gasteiger partial charge in [-0.1, -0.05) is 55.5 Å². The van der Waals surface area contributed by atoms with Gasteiger partial charge in [0, 0.05) is 18.2 Å². The van der Waals surface area contributed by atoms with Gasteiger partial charge in [0.05, 0.1) is 43.5 Å². The van der Waals surface area contributed by atoms with E-state index in [0.717, 1.165) is 57.9 Å². The predicted molar refractivity (Wildman–Crippen MR) is 189 cm³/mol. The Morgan fingerprint density at radius 3 is 2.31 bits per heavy atom. The summed E-state index contributed by atoms with van der Waals surface area (Å²) < 4.78 is 4.62. The Labute approximate surface area is 286 Å². The van der Waals surface area contributed by atoms with Crippen molar-refractivity contribution in [3.05, 3.63) is 84.7 Å². The van der Waals surface area contributed by atoms with E-state index < -0.39 is 6.09 Å². The number of hydrogen-bond donors (Lipinski definition) is 3. The molecule has 0 radical (unpaired) electrons. The SMILES string of the molecule is COC(=O)NCC(=O)N(Cc1ncc(-c2ccc3cc(-c4ccc(-c5cnc([C@@H]6[C@H]7CCC(C7)N6C)[nH]5)cc4)ccc3c2)[nH]1)CC1(C)CC1. The van der Waals surface area contributed by atoms with Gasteiger partial charge in [-0.2, -0.15) is 0 Å². The first-order chi connectivity index (χ1) is 23.7. The quantitative estimate of drug-likeness (QED) is 0.150. The largest absolute Gasteiger partial charge is 0.453 e. The minimum atomic E-state index is -0.620. The number of H-pyrrole nitrogens is 2. The molecule has 0 spiro atoms. The first-order valence-corrected chi connectivity index (χ1v) is 17.3. The minimum Gasteiger partial charge on any atom is -0.453 e. The van der Waals surface area contributed by atoms with Gasteiger partial charge >= 0.3 is 6.09 Å². The van der Waals surface area contributed by atoms with E-state index in [1.807, 2.05) is 12.4 Å². The molecule has 3 N–H and O–H groups in total. The van der Waals surface area contributed by atoms with Crippen LogP contribution in [-0.4, -0.2) is 75.0 Å². The molecule has 2 amide bonds. The summed E-state index contributed by atoms with van der Waals surface area (Å²) in [6.07, 6.45) is 9.27. The second-order valence-corrected chi connectivity index (χ2v) is 14.5. The molecular formula is C39H43N7O3. The van der Waals surface area contributed by atoms with E-state index in [4.69, 9.17) is 4.98 Å². The number of alkyl carbamates (subject to hydrolysis) is 1. The van der Waals surface area contributed by atoms with Crippen LogP contribution in [0.3, 0.4) is 0 Å². The van der Waals surface area contributed by atoms with Gasteiger partial charge in [-0.15, -0.1) is 0 Å². The molecule has 2 aliphatic carbocycles. The summed E-state index contributed by atoms with van der Waals surface area (Å²) in [5.41, 5.74) is 6.58. The van der Waals surface area contributed by atoms with Crippen molar-refractivity contribution in [1.29, 1.82) is 0 Å². The number of imidazole rings is 2. The highest BCUT2D eigenvalue weighted by Gasteiger charge is 2.45. The second-order valence-electron chi connectivity index (χ2n) is 14.5. The summed E-state index contributed by atoms with van der Waals surface area (Å²) >= 11 is 0. The van der Waals surface area contributed by atoms with E-state index in [1.165, 1.54) is 37.5 Å². The molecule has 2 saturated carbocycles. The fourth-order valence-corrected chi connectivity index (χ4v) is 7.86. The molecule has 252 valence electrons. The first kappa shape index (κ1) is 31.3. The molecule has 2 bridgehead atoms. The molecule has 2 aromatic heterocycles. The Bertz CT molecular complexity index is 2010. The summed E-state index contributed by atoms with van der Waals surface area (Å²) in [4.78, 5) is 45.3. The number of nitrogens with zero attached hydrogens (tertiary/aromatic N) is 4. The minimum absolute atomic E-state index is 0.114. The van der Waals surface area contributed by atoms with Crippen LogP contribution in [0.15, 0.2) is 73.1 Å². The topological polar surface area (TPSA) is 119 Å². The van der Waals surface area contributed by atoms with E-state index in [-0.39, 0.29) is 17.9 Å². The van der Waals surface area contributed by atoms with Crippen molar-refractivity contribution in [2.45, 2.75) is 57.7 Å². The summed E-state index contributed by atoms with van der Waals surface area (Å²) in [6.45, 7) is 3.03. The van der Waals surface area contributed by atoms with Gasteiger partial charge in [0.15, 0.2) is 0 Å². The second kappa shape index (κ2) is 12.5. The Balaban J connectivity index is 0.947. The number of aromatic amines is 2. The Morgan fingerprint density at radius 2 is 1.59 bits per heavy atom. The lowest BCUT2D eigenvalue weighted by molar-refractivity contribution is -0.131. The number of hydrogen-bond acceptors (Lipinski definition) is 6. The molecule has 3 heterocycles. The summed E-state index contributed by atoms with van der Waals surface area (Å²) in [7, 11) is 3.53. The molecule has 3 aliphatic rings. The van der Waals surface area contributed by atoms with Crippen molar-refractivity contribution in [3.8, 4) is 33.6 Å². The molecule has 10 heteroatoms. The van der Waals surface area contributed by atoms with Crippen molar-refractivity contribution in [1.82, 2.24) is 35.1 Å². The van der Waals surface area contributed by atoms with Crippen molar-refractivity contribution >= 4 is 22.8 Å². The third-order valence-electron chi connectivity index (χ3n) is 11.0. The predicted octanol–water partition coefficient (Wildman–Crippen LogP) is 6.93. The zero-order chi connectivity index (χ0) is 33.7. The van der Waals surface area contributed by atoms with Gasteiger partial charge in [0.2, 0.25) is 5.91 Å². The van der Waals surface area contributed by atoms with Gasteiger partial charge in [0.1, 0.15) is 18.2 Å². The molecule has 10 nitrogen and oxygen atoms in total. The number of amides is 2. The fourth-order valence-electron chi connectivity index (χ4n) is 7.86. The Hall–Kier alpha value is -4.96. The summed E-state index contributed by atoms with van der Waals surface area (Å²) in [5.74, 6) is 2.35. The highest BCUT2D eigenvalue weighted by atomic mass is 16.5. The maximum atomic E-state index is 13.0. The van der Waals surface area contributed by atoms with Gasteiger partial charge in [-0.3, -0.25) is 9.69 Å². The first-order valence-electron chi connectivity index (χ1n) is 17.3. The monoisotopic (exact) mass is 657 g/mol. The average Bonchev–Trinajstić information content (AvgIpc) is 3.65. The van der Waals surface area contributed by atoms with Crippen LogP contribution in [0.1, 0.15) is 56.7 Å². The van der Waals surface area contributed by atoms with E-state index in [1.54, 1.807) is 4.90 Å². The lowest BCUT2D eigenvalue weighted by Crippen LogP contribution is -2.42. The lowest BCUT2D eigenvalue weighted by atomic mass is 9.98. The molecule has 3 aromatic carbocycles. The van der Waals surface area contributed by atoms with Crippen LogP contribution in [0.2, 0.25) is 0 Å². The zero-order valence-corrected chi connectivity index (χ0v) is 28.3. The van der Waals surface area contributed by atoms with Crippen LogP contribution < -0.4 is 5.32 Å². The normalized spacial score (nSPS) is 20.8. The van der Waals surface area contributed by atoms with E-state index in [2.05, 4.69) is 105 Å². The van der Waals surface area contributed by atoms with Gasteiger partial charge in [0.25, 0.3) is 0 Å². The highest BCUT2D eigenvalue weighted by Crippen LogP contribution is 2.48. The third-order valence-corrected chi connectivity index (χ3v) is 11.0. The van der Waals surface area contributed by atoms with Crippen molar-refractivity contribution in [2.75, 3.05) is 27.2 Å². The third kappa shape index (κ3) is 6.33. The maximum Gasteiger partial charge on any atom is 0.407 e. The van der Waals surface area contributed by atoms with Gasteiger partial charge < -0.3 is 24.9 Å². The number of piperidine rings is 1. The molecule has 3 atom stereocenters. The number of methoxy groups -OCH3 is 1. The van der Waals surface area contributed by atoms with E-state index in [0.29, 0.717) is 31.0 Å². The molecule has 5 aromatic rings. The van der Waals surface area contributed by atoms with Gasteiger partial charge in [-0.25, -0.2) is 14.8 Å². The number of rotatable bonds is 10. The van der Waals surface area contributed by atoms with Gasteiger partial charge in [-0.05, 0) is 90.1 Å². The molecule has 8 rings (SSSR count). The van der Waals surface area contributed by atoms with Crippen molar-refractivity contribution in [3.63, 3.8) is 0 Å². The number of carbonyl (C=O) groups excluding carboxylic acids is 2. The molecular weight excluding hydrogens is 614 g/mol. The zero-order valence-electron chi connectivity index (χ0n) is 28.3. The van der Waals surface area contributed by atoms with E-state index in [9.17, 15) is 9.59 Å². The smallest absolute Gasteiger partial charge is 0.407 e. The Kier molecular flexibility index (Phi) is 7.98. The lowest BCUT2D eigenvalue weighted by Gasteiger charge is -2.30. The molecule has 1 saturated heterocycles. The van der Waals surface area contributed by atoms with Crippen LogP contribution in [0, 0.1) is 11.3 Å². The standard InChI is InChI=1S/C39H43N7O3/c1-39(14-15-39)23-46(35(47)21-42-38(48)49-3)22-34-40-19-33(43-34)29-11-10-27-16-26(8-9-28(27)17-29)24-4-6-25(7-5-24)32-20-41-37(44-32)36-30-12-13-31(18-30)45(36)2/h4-11,16-17,19-20,30-31,36H,12-15,18,21-23H2,1-3H3,(H,40,43)(H,41,44)(H,42,48)/t30-,31?,36-/m0/s1. The molecule has 3 fully saturated rings. The van der Waals surface area contributed by atoms with Crippen LogP contribution in [-0.2, 0) is 16.1 Å². The molecule has 1 unspecified atom stereocenters. The van der Waals surface area contributed by atoms with E-state index >= 15 is 0 Å². The average molecular weight is 658 g/mol. The Morgan fingerprint density at radius 1 is 0.918 bits per heavy atom.